The molecule has 0 aliphatic carbocycles. The lowest BCUT2D eigenvalue weighted by molar-refractivity contribution is -0.202. The fraction of sp³-hybridized carbons (Fsp3) is 0.455. The molecule has 96 valence electrons. The van der Waals surface area contributed by atoms with E-state index in [2.05, 4.69) is 5.32 Å². The second-order valence-electron chi connectivity index (χ2n) is 3.78. The van der Waals surface area contributed by atoms with Gasteiger partial charge in [-0.3, -0.25) is 0 Å². The van der Waals surface area contributed by atoms with Crippen molar-refractivity contribution in [3.8, 4) is 5.75 Å². The number of halogens is 3. The van der Waals surface area contributed by atoms with Gasteiger partial charge in [-0.15, -0.1) is 0 Å². The second kappa shape index (κ2) is 5.37. The molecule has 0 heterocycles. The lowest BCUT2D eigenvalue weighted by Gasteiger charge is -2.19. The number of aliphatic hydroxyl groups excluding tert-OH is 1. The van der Waals surface area contributed by atoms with Gasteiger partial charge in [-0.25, -0.2) is 0 Å². The van der Waals surface area contributed by atoms with Crippen molar-refractivity contribution >= 4 is 0 Å². The molecule has 0 fully saturated rings. The van der Waals surface area contributed by atoms with E-state index in [1.807, 2.05) is 0 Å². The first kappa shape index (κ1) is 13.8. The molecule has 0 spiro atoms. The minimum Gasteiger partial charge on any atom is -0.508 e. The van der Waals surface area contributed by atoms with E-state index in [4.69, 9.17) is 10.2 Å². The molecule has 3 nitrogen and oxygen atoms in total. The van der Waals surface area contributed by atoms with E-state index in [0.29, 0.717) is 0 Å². The van der Waals surface area contributed by atoms with Gasteiger partial charge in [0.1, 0.15) is 5.75 Å². The lowest BCUT2D eigenvalue weighted by Crippen LogP contribution is -2.39. The Labute approximate surface area is 96.9 Å². The molecule has 0 bridgehead atoms. The van der Waals surface area contributed by atoms with Gasteiger partial charge in [0.15, 0.2) is 6.10 Å². The summed E-state index contributed by atoms with van der Waals surface area (Å²) in [7, 11) is 0. The zero-order chi connectivity index (χ0) is 13.1. The number of aromatic hydroxyl groups is 1. The Balaban J connectivity index is 2.50. The Bertz CT molecular complexity index is 351. The topological polar surface area (TPSA) is 52.5 Å². The third-order valence-electron chi connectivity index (χ3n) is 2.39. The smallest absolute Gasteiger partial charge is 0.415 e. The molecule has 0 saturated heterocycles. The number of phenolic OH excluding ortho intramolecular Hbond substituents is 1. The molecule has 1 rings (SSSR count). The van der Waals surface area contributed by atoms with Gasteiger partial charge in [-0.05, 0) is 24.6 Å². The highest BCUT2D eigenvalue weighted by molar-refractivity contribution is 5.27. The maximum atomic E-state index is 12.0. The Kier molecular flexibility index (Phi) is 4.36. The van der Waals surface area contributed by atoms with Gasteiger partial charge >= 0.3 is 6.18 Å². The molecule has 0 aliphatic rings. The Hall–Kier alpha value is -1.27. The number of phenols is 1. The normalized spacial score (nSPS) is 15.6. The fourth-order valence-electron chi connectivity index (χ4n) is 1.28. The van der Waals surface area contributed by atoms with Crippen LogP contribution in [0.2, 0.25) is 0 Å². The van der Waals surface area contributed by atoms with E-state index >= 15 is 0 Å². The molecule has 0 aliphatic heterocycles. The highest BCUT2D eigenvalue weighted by Gasteiger charge is 2.37. The van der Waals surface area contributed by atoms with Crippen LogP contribution in [0.3, 0.4) is 0 Å². The van der Waals surface area contributed by atoms with Gasteiger partial charge in [0.2, 0.25) is 0 Å². The van der Waals surface area contributed by atoms with Gasteiger partial charge in [0, 0.05) is 12.6 Å². The molecule has 1 aromatic carbocycles. The van der Waals surface area contributed by atoms with Crippen molar-refractivity contribution in [2.24, 2.45) is 0 Å². The summed E-state index contributed by atoms with van der Waals surface area (Å²) in [6.45, 7) is 1.11. The molecule has 0 amide bonds. The van der Waals surface area contributed by atoms with Crippen molar-refractivity contribution in [1.82, 2.24) is 5.32 Å². The van der Waals surface area contributed by atoms with Crippen LogP contribution >= 0.6 is 0 Å². The van der Waals surface area contributed by atoms with Gasteiger partial charge in [-0.2, -0.15) is 13.2 Å². The molecule has 3 N–H and O–H groups in total. The van der Waals surface area contributed by atoms with Gasteiger partial charge in [0.25, 0.3) is 0 Å². The van der Waals surface area contributed by atoms with Crippen molar-refractivity contribution in [2.45, 2.75) is 25.2 Å². The van der Waals surface area contributed by atoms with E-state index in [0.717, 1.165) is 5.56 Å². The molecule has 1 aromatic rings. The first-order valence-corrected chi connectivity index (χ1v) is 5.08. The summed E-state index contributed by atoms with van der Waals surface area (Å²) < 4.78 is 36.1. The van der Waals surface area contributed by atoms with E-state index < -0.39 is 18.8 Å². The van der Waals surface area contributed by atoms with Crippen LogP contribution in [0.1, 0.15) is 18.5 Å². The molecule has 2 unspecified atom stereocenters. The van der Waals surface area contributed by atoms with Crippen LogP contribution in [0, 0.1) is 0 Å². The summed E-state index contributed by atoms with van der Waals surface area (Å²) in [5.74, 6) is 0.0938. The average molecular weight is 249 g/mol. The van der Waals surface area contributed by atoms with Crippen LogP contribution in [0.5, 0.6) is 5.75 Å². The molecule has 0 radical (unpaired) electrons. The zero-order valence-corrected chi connectivity index (χ0v) is 9.20. The summed E-state index contributed by atoms with van der Waals surface area (Å²) in [5, 5.41) is 20.4. The predicted molar refractivity (Wildman–Crippen MR) is 56.6 cm³/mol. The van der Waals surface area contributed by atoms with E-state index in [1.54, 1.807) is 19.1 Å². The average Bonchev–Trinajstić information content (AvgIpc) is 2.25. The second-order valence-corrected chi connectivity index (χ2v) is 3.78. The minimum atomic E-state index is -4.61. The maximum Gasteiger partial charge on any atom is 0.415 e. The van der Waals surface area contributed by atoms with E-state index in [9.17, 15) is 13.2 Å². The molecule has 17 heavy (non-hydrogen) atoms. The molecular weight excluding hydrogens is 235 g/mol. The Morgan fingerprint density at radius 2 is 1.76 bits per heavy atom. The van der Waals surface area contributed by atoms with Gasteiger partial charge in [0.05, 0.1) is 0 Å². The number of nitrogens with one attached hydrogen (secondary N) is 1. The van der Waals surface area contributed by atoms with Crippen molar-refractivity contribution < 1.29 is 23.4 Å². The standard InChI is InChI=1S/C11H14F3NO2/c1-7(8-2-4-9(16)5-3-8)15-6-10(17)11(12,13)14/h2-5,7,10,15-17H,6H2,1H3. The van der Waals surface area contributed by atoms with Crippen LogP contribution in [0.25, 0.3) is 0 Å². The number of rotatable bonds is 4. The summed E-state index contributed by atoms with van der Waals surface area (Å²) in [5.41, 5.74) is 0.733. The molecule has 2 atom stereocenters. The first-order valence-electron chi connectivity index (χ1n) is 5.08. The monoisotopic (exact) mass is 249 g/mol. The van der Waals surface area contributed by atoms with Crippen molar-refractivity contribution in [3.05, 3.63) is 29.8 Å². The van der Waals surface area contributed by atoms with Crippen LogP contribution in [-0.4, -0.2) is 29.0 Å². The SMILES string of the molecule is CC(NCC(O)C(F)(F)F)c1ccc(O)cc1. The summed E-state index contributed by atoms with van der Waals surface area (Å²) in [4.78, 5) is 0. The number of aliphatic hydroxyl groups is 1. The fourth-order valence-corrected chi connectivity index (χ4v) is 1.28. The van der Waals surface area contributed by atoms with Gasteiger partial charge < -0.3 is 15.5 Å². The largest absolute Gasteiger partial charge is 0.508 e. The lowest BCUT2D eigenvalue weighted by atomic mass is 10.1. The predicted octanol–water partition coefficient (Wildman–Crippen LogP) is 1.97. The summed E-state index contributed by atoms with van der Waals surface area (Å²) in [6.07, 6.45) is -6.98. The Morgan fingerprint density at radius 3 is 2.24 bits per heavy atom. The van der Waals surface area contributed by atoms with Crippen molar-refractivity contribution in [1.29, 1.82) is 0 Å². The van der Waals surface area contributed by atoms with Crippen LogP contribution in [-0.2, 0) is 0 Å². The maximum absolute atomic E-state index is 12.0. The van der Waals surface area contributed by atoms with Crippen molar-refractivity contribution in [2.75, 3.05) is 6.54 Å². The first-order chi connectivity index (χ1) is 7.80. The molecule has 6 heteroatoms. The number of hydrogen-bond donors (Lipinski definition) is 3. The third-order valence-corrected chi connectivity index (χ3v) is 2.39. The molecule has 0 aromatic heterocycles. The van der Waals surface area contributed by atoms with Crippen LogP contribution in [0.4, 0.5) is 13.2 Å². The summed E-state index contributed by atoms with van der Waals surface area (Å²) >= 11 is 0. The molecular formula is C11H14F3NO2. The summed E-state index contributed by atoms with van der Waals surface area (Å²) in [6, 6.07) is 5.77. The van der Waals surface area contributed by atoms with E-state index in [-0.39, 0.29) is 11.8 Å². The van der Waals surface area contributed by atoms with E-state index in [1.165, 1.54) is 12.1 Å². The number of alkyl halides is 3. The highest BCUT2D eigenvalue weighted by Crippen LogP contribution is 2.21. The van der Waals surface area contributed by atoms with Crippen molar-refractivity contribution in [3.63, 3.8) is 0 Å². The quantitative estimate of drug-likeness (QED) is 0.764. The number of hydrogen-bond acceptors (Lipinski definition) is 3. The van der Waals surface area contributed by atoms with Crippen LogP contribution in [0.15, 0.2) is 24.3 Å². The zero-order valence-electron chi connectivity index (χ0n) is 9.20. The third kappa shape index (κ3) is 4.24. The minimum absolute atomic E-state index is 0.0938. The number of benzene rings is 1. The Morgan fingerprint density at radius 1 is 1.24 bits per heavy atom. The van der Waals surface area contributed by atoms with Gasteiger partial charge in [-0.1, -0.05) is 12.1 Å². The highest BCUT2D eigenvalue weighted by atomic mass is 19.4. The van der Waals surface area contributed by atoms with Crippen LogP contribution < -0.4 is 5.32 Å². The molecule has 0 saturated carbocycles.